The van der Waals surface area contributed by atoms with E-state index < -0.39 is 0 Å². The van der Waals surface area contributed by atoms with Crippen molar-refractivity contribution in [3.63, 3.8) is 0 Å². The zero-order valence-electron chi connectivity index (χ0n) is 13.8. The molecule has 1 unspecified atom stereocenters. The number of nitrogens with one attached hydrogen (secondary N) is 1. The predicted molar refractivity (Wildman–Crippen MR) is 96.3 cm³/mol. The molecule has 0 heterocycles. The summed E-state index contributed by atoms with van der Waals surface area (Å²) in [5.74, 6) is 0. The number of likely N-dealkylation sites (N-methyl/N-ethyl adjacent to an activating group) is 1. The first-order valence-electron chi connectivity index (χ1n) is 7.81. The number of hydrogen-bond donors (Lipinski definition) is 1. The van der Waals surface area contributed by atoms with Crippen molar-refractivity contribution in [2.24, 2.45) is 0 Å². The van der Waals surface area contributed by atoms with Gasteiger partial charge in [-0.1, -0.05) is 42.5 Å². The zero-order chi connectivity index (χ0) is 15.9. The molecular formula is C20H26N2. The Labute approximate surface area is 134 Å². The molecule has 0 aliphatic carbocycles. The van der Waals surface area contributed by atoms with E-state index >= 15 is 0 Å². The Balaban J connectivity index is 1.96. The van der Waals surface area contributed by atoms with Crippen LogP contribution < -0.4 is 10.2 Å². The summed E-state index contributed by atoms with van der Waals surface area (Å²) >= 11 is 0. The van der Waals surface area contributed by atoms with Gasteiger partial charge in [0.1, 0.15) is 0 Å². The van der Waals surface area contributed by atoms with Gasteiger partial charge in [0.2, 0.25) is 0 Å². The second-order valence-corrected chi connectivity index (χ2v) is 5.79. The highest BCUT2D eigenvalue weighted by atomic mass is 15.1. The topological polar surface area (TPSA) is 15.3 Å². The molecule has 0 spiro atoms. The van der Waals surface area contributed by atoms with Gasteiger partial charge in [0.25, 0.3) is 0 Å². The van der Waals surface area contributed by atoms with E-state index in [-0.39, 0.29) is 0 Å². The van der Waals surface area contributed by atoms with Crippen LogP contribution in [-0.4, -0.2) is 13.6 Å². The maximum Gasteiger partial charge on any atom is 0.0366 e. The first-order chi connectivity index (χ1) is 10.6. The largest absolute Gasteiger partial charge is 0.371 e. The molecule has 0 aromatic heterocycles. The molecule has 0 aliphatic rings. The lowest BCUT2D eigenvalue weighted by atomic mass is 10.1. The van der Waals surface area contributed by atoms with Crippen molar-refractivity contribution in [1.82, 2.24) is 5.32 Å². The molecule has 1 N–H and O–H groups in total. The van der Waals surface area contributed by atoms with E-state index in [1.54, 1.807) is 0 Å². The fourth-order valence-electron chi connectivity index (χ4n) is 2.51. The van der Waals surface area contributed by atoms with Crippen molar-refractivity contribution < 1.29 is 0 Å². The van der Waals surface area contributed by atoms with Gasteiger partial charge in [0.05, 0.1) is 0 Å². The fourth-order valence-corrected chi connectivity index (χ4v) is 2.51. The Morgan fingerprint density at radius 3 is 2.45 bits per heavy atom. The Bertz CT molecular complexity index is 601. The fraction of sp³-hybridized carbons (Fsp3) is 0.300. The maximum absolute atomic E-state index is 3.78. The zero-order valence-corrected chi connectivity index (χ0v) is 13.8. The molecule has 116 valence electrons. The van der Waals surface area contributed by atoms with Crippen molar-refractivity contribution >= 4 is 5.69 Å². The average molecular weight is 294 g/mol. The molecule has 1 atom stereocenters. The van der Waals surface area contributed by atoms with E-state index in [0.29, 0.717) is 6.04 Å². The minimum Gasteiger partial charge on any atom is -0.371 e. The highest BCUT2D eigenvalue weighted by molar-refractivity contribution is 5.47. The van der Waals surface area contributed by atoms with E-state index in [9.17, 15) is 0 Å². The predicted octanol–water partition coefficient (Wildman–Crippen LogP) is 4.47. The van der Waals surface area contributed by atoms with Crippen LogP contribution in [0, 0.1) is 6.92 Å². The van der Waals surface area contributed by atoms with Crippen LogP contribution in [0.3, 0.4) is 0 Å². The standard InChI is InChI=1S/C20H26N2/c1-5-14-22(4)20-12-10-18(11-13-20)17(3)21-15-19-9-7-6-8-16(19)2/h5-13,17,21H,1,14-15H2,2-4H3. The van der Waals surface area contributed by atoms with Gasteiger partial charge in [-0.05, 0) is 42.7 Å². The summed E-state index contributed by atoms with van der Waals surface area (Å²) < 4.78 is 0. The molecule has 2 aromatic rings. The Morgan fingerprint density at radius 2 is 1.82 bits per heavy atom. The van der Waals surface area contributed by atoms with Gasteiger partial charge >= 0.3 is 0 Å². The Kier molecular flexibility index (Phi) is 5.79. The highest BCUT2D eigenvalue weighted by Crippen LogP contribution is 2.19. The van der Waals surface area contributed by atoms with Gasteiger partial charge in [0.15, 0.2) is 0 Å². The van der Waals surface area contributed by atoms with Gasteiger partial charge in [-0.3, -0.25) is 0 Å². The van der Waals surface area contributed by atoms with Crippen LogP contribution >= 0.6 is 0 Å². The monoisotopic (exact) mass is 294 g/mol. The summed E-state index contributed by atoms with van der Waals surface area (Å²) in [6.07, 6.45) is 1.92. The van der Waals surface area contributed by atoms with Gasteiger partial charge in [0, 0.05) is 31.9 Å². The molecule has 2 nitrogen and oxygen atoms in total. The third-order valence-corrected chi connectivity index (χ3v) is 4.10. The third-order valence-electron chi connectivity index (χ3n) is 4.10. The van der Waals surface area contributed by atoms with E-state index in [4.69, 9.17) is 0 Å². The molecule has 0 saturated heterocycles. The van der Waals surface area contributed by atoms with E-state index in [0.717, 1.165) is 13.1 Å². The summed E-state index contributed by atoms with van der Waals surface area (Å²) in [7, 11) is 2.08. The van der Waals surface area contributed by atoms with Crippen molar-refractivity contribution in [3.05, 3.63) is 77.9 Å². The summed E-state index contributed by atoms with van der Waals surface area (Å²) in [5.41, 5.74) is 5.22. The van der Waals surface area contributed by atoms with Crippen LogP contribution in [-0.2, 0) is 6.54 Å². The number of anilines is 1. The summed E-state index contributed by atoms with van der Waals surface area (Å²) in [5, 5.41) is 3.60. The van der Waals surface area contributed by atoms with Crippen LogP contribution in [0.1, 0.15) is 29.7 Å². The SMILES string of the molecule is C=CCN(C)c1ccc(C(C)NCc2ccccc2C)cc1. The second kappa shape index (κ2) is 7.81. The van der Waals surface area contributed by atoms with Gasteiger partial charge in [-0.25, -0.2) is 0 Å². The van der Waals surface area contributed by atoms with Crippen molar-refractivity contribution in [2.45, 2.75) is 26.4 Å². The summed E-state index contributed by atoms with van der Waals surface area (Å²) in [4.78, 5) is 2.18. The minimum atomic E-state index is 0.332. The molecular weight excluding hydrogens is 268 g/mol. The highest BCUT2D eigenvalue weighted by Gasteiger charge is 2.06. The number of benzene rings is 2. The van der Waals surface area contributed by atoms with Crippen molar-refractivity contribution in [1.29, 1.82) is 0 Å². The molecule has 0 bridgehead atoms. The molecule has 22 heavy (non-hydrogen) atoms. The molecule has 2 aromatic carbocycles. The lowest BCUT2D eigenvalue weighted by molar-refractivity contribution is 0.573. The molecule has 0 saturated carbocycles. The number of nitrogens with zero attached hydrogens (tertiary/aromatic N) is 1. The van der Waals surface area contributed by atoms with Gasteiger partial charge in [-0.15, -0.1) is 6.58 Å². The molecule has 2 rings (SSSR count). The number of aryl methyl sites for hydroxylation is 1. The summed E-state index contributed by atoms with van der Waals surface area (Å²) in [6, 6.07) is 17.6. The maximum atomic E-state index is 3.78. The first-order valence-corrected chi connectivity index (χ1v) is 7.81. The second-order valence-electron chi connectivity index (χ2n) is 5.79. The number of rotatable bonds is 7. The Morgan fingerprint density at radius 1 is 1.14 bits per heavy atom. The molecule has 2 heteroatoms. The lowest BCUT2D eigenvalue weighted by Gasteiger charge is -2.19. The summed E-state index contributed by atoms with van der Waals surface area (Å²) in [6.45, 7) is 9.90. The van der Waals surface area contributed by atoms with E-state index in [2.05, 4.69) is 86.2 Å². The molecule has 0 aliphatic heterocycles. The van der Waals surface area contributed by atoms with Crippen molar-refractivity contribution in [3.8, 4) is 0 Å². The van der Waals surface area contributed by atoms with Crippen LogP contribution in [0.25, 0.3) is 0 Å². The third kappa shape index (κ3) is 4.22. The van der Waals surface area contributed by atoms with E-state index in [1.165, 1.54) is 22.4 Å². The van der Waals surface area contributed by atoms with Crippen LogP contribution in [0.15, 0.2) is 61.2 Å². The first kappa shape index (κ1) is 16.3. The average Bonchev–Trinajstić information content (AvgIpc) is 2.54. The lowest BCUT2D eigenvalue weighted by Crippen LogP contribution is -2.19. The van der Waals surface area contributed by atoms with Crippen LogP contribution in [0.5, 0.6) is 0 Å². The molecule has 0 fully saturated rings. The smallest absolute Gasteiger partial charge is 0.0366 e. The van der Waals surface area contributed by atoms with E-state index in [1.807, 2.05) is 6.08 Å². The number of hydrogen-bond acceptors (Lipinski definition) is 2. The Hall–Kier alpha value is -2.06. The minimum absolute atomic E-state index is 0.332. The quantitative estimate of drug-likeness (QED) is 0.758. The van der Waals surface area contributed by atoms with Crippen molar-refractivity contribution in [2.75, 3.05) is 18.5 Å². The molecule has 0 radical (unpaired) electrons. The van der Waals surface area contributed by atoms with Gasteiger partial charge in [-0.2, -0.15) is 0 Å². The van der Waals surface area contributed by atoms with Crippen LogP contribution in [0.2, 0.25) is 0 Å². The normalized spacial score (nSPS) is 12.0. The van der Waals surface area contributed by atoms with Gasteiger partial charge < -0.3 is 10.2 Å². The molecule has 0 amide bonds. The van der Waals surface area contributed by atoms with Crippen LogP contribution in [0.4, 0.5) is 5.69 Å².